The number of nitrogen functional groups attached to an aromatic ring is 1. The molecule has 148 valence electrons. The molecule has 0 spiro atoms. The number of aryl methyl sites for hydroxylation is 1. The van der Waals surface area contributed by atoms with Gasteiger partial charge in [-0.3, -0.25) is 14.6 Å². The van der Waals surface area contributed by atoms with E-state index in [0.29, 0.717) is 41.1 Å². The van der Waals surface area contributed by atoms with Crippen LogP contribution in [0, 0.1) is 6.92 Å². The van der Waals surface area contributed by atoms with Crippen molar-refractivity contribution in [3.8, 4) is 0 Å². The number of fused-ring (bicyclic) bond motifs is 2. The number of carbonyl (C=O) groups is 1. The summed E-state index contributed by atoms with van der Waals surface area (Å²) in [5.74, 6) is 0.888. The van der Waals surface area contributed by atoms with Crippen LogP contribution in [0.5, 0.6) is 0 Å². The molecule has 1 aromatic heterocycles. The molecule has 1 aliphatic rings. The molecular formula is C22H22N4O2S. The van der Waals surface area contributed by atoms with Crippen LogP contribution >= 0.6 is 11.8 Å². The molecule has 0 saturated carbocycles. The summed E-state index contributed by atoms with van der Waals surface area (Å²) in [6.07, 6.45) is 2.23. The minimum Gasteiger partial charge on any atom is -0.398 e. The summed E-state index contributed by atoms with van der Waals surface area (Å²) in [6.45, 7) is 1.99. The van der Waals surface area contributed by atoms with E-state index in [1.165, 1.54) is 11.8 Å². The molecule has 0 radical (unpaired) electrons. The molecule has 0 aliphatic carbocycles. The number of para-hydroxylation sites is 1. The maximum absolute atomic E-state index is 12.3. The second-order valence-electron chi connectivity index (χ2n) is 7.26. The zero-order chi connectivity index (χ0) is 20.4. The monoisotopic (exact) mass is 406 g/mol. The van der Waals surface area contributed by atoms with Gasteiger partial charge in [-0.1, -0.05) is 23.9 Å². The molecule has 3 N–H and O–H groups in total. The van der Waals surface area contributed by atoms with Crippen molar-refractivity contribution in [2.45, 2.75) is 37.8 Å². The van der Waals surface area contributed by atoms with Crippen LogP contribution in [0.2, 0.25) is 0 Å². The number of aromatic amines is 1. The number of benzene rings is 2. The van der Waals surface area contributed by atoms with E-state index in [4.69, 9.17) is 5.73 Å². The molecule has 29 heavy (non-hydrogen) atoms. The quantitative estimate of drug-likeness (QED) is 0.267. The number of H-pyrrole nitrogens is 1. The lowest BCUT2D eigenvalue weighted by atomic mass is 10.0. The summed E-state index contributed by atoms with van der Waals surface area (Å²) in [5, 5.41) is 1.17. The van der Waals surface area contributed by atoms with Crippen molar-refractivity contribution >= 4 is 45.5 Å². The maximum atomic E-state index is 12.3. The minimum absolute atomic E-state index is 0.137. The number of hydrogen-bond donors (Lipinski definition) is 2. The molecule has 0 bridgehead atoms. The van der Waals surface area contributed by atoms with Gasteiger partial charge in [0.2, 0.25) is 0 Å². The highest BCUT2D eigenvalue weighted by Crippen LogP contribution is 2.33. The van der Waals surface area contributed by atoms with Crippen LogP contribution in [0.4, 0.5) is 11.4 Å². The number of carbonyl (C=O) groups excluding carboxylic acids is 1. The van der Waals surface area contributed by atoms with Crippen LogP contribution < -0.4 is 11.3 Å². The number of aromatic nitrogens is 2. The van der Waals surface area contributed by atoms with Crippen LogP contribution in [-0.2, 0) is 11.2 Å². The van der Waals surface area contributed by atoms with E-state index in [0.717, 1.165) is 34.6 Å². The number of nitrogens with one attached hydrogen (secondary N) is 1. The van der Waals surface area contributed by atoms with Gasteiger partial charge in [0.25, 0.3) is 5.56 Å². The Morgan fingerprint density at radius 3 is 2.97 bits per heavy atom. The molecule has 6 nitrogen and oxygen atoms in total. The fourth-order valence-corrected chi connectivity index (χ4v) is 4.33. The van der Waals surface area contributed by atoms with E-state index in [9.17, 15) is 9.59 Å². The van der Waals surface area contributed by atoms with Gasteiger partial charge in [0.1, 0.15) is 5.78 Å². The number of hydrogen-bond acceptors (Lipinski definition) is 6. The van der Waals surface area contributed by atoms with Crippen molar-refractivity contribution in [2.75, 3.05) is 11.5 Å². The average Bonchev–Trinajstić information content (AvgIpc) is 3.08. The molecular weight excluding hydrogens is 384 g/mol. The van der Waals surface area contributed by atoms with E-state index < -0.39 is 0 Å². The van der Waals surface area contributed by atoms with E-state index in [1.807, 2.05) is 37.3 Å². The van der Waals surface area contributed by atoms with Gasteiger partial charge in [0.05, 0.1) is 16.6 Å². The van der Waals surface area contributed by atoms with Gasteiger partial charge in [-0.05, 0) is 43.2 Å². The van der Waals surface area contributed by atoms with Crippen LogP contribution in [-0.4, -0.2) is 27.2 Å². The Kier molecular flexibility index (Phi) is 5.49. The lowest BCUT2D eigenvalue weighted by Crippen LogP contribution is -2.10. The number of nitrogens with two attached hydrogens (primary N) is 1. The molecule has 0 amide bonds. The molecule has 0 saturated heterocycles. The third kappa shape index (κ3) is 4.40. The lowest BCUT2D eigenvalue weighted by Gasteiger charge is -2.04. The molecule has 0 unspecified atom stereocenters. The predicted molar refractivity (Wildman–Crippen MR) is 118 cm³/mol. The highest BCUT2D eigenvalue weighted by Gasteiger charge is 2.19. The van der Waals surface area contributed by atoms with E-state index >= 15 is 0 Å². The molecule has 1 aliphatic heterocycles. The summed E-state index contributed by atoms with van der Waals surface area (Å²) >= 11 is 1.46. The first-order valence-corrected chi connectivity index (χ1v) is 10.6. The largest absolute Gasteiger partial charge is 0.398 e. The summed E-state index contributed by atoms with van der Waals surface area (Å²) in [5.41, 5.74) is 11.3. The van der Waals surface area contributed by atoms with E-state index in [-0.39, 0.29) is 11.3 Å². The maximum Gasteiger partial charge on any atom is 0.259 e. The Morgan fingerprint density at radius 2 is 2.10 bits per heavy atom. The second-order valence-corrected chi connectivity index (χ2v) is 8.35. The first-order chi connectivity index (χ1) is 14.0. The van der Waals surface area contributed by atoms with Crippen molar-refractivity contribution in [1.82, 2.24) is 9.97 Å². The summed E-state index contributed by atoms with van der Waals surface area (Å²) in [6, 6.07) is 11.2. The summed E-state index contributed by atoms with van der Waals surface area (Å²) in [4.78, 5) is 36.3. The van der Waals surface area contributed by atoms with Crippen LogP contribution in [0.1, 0.15) is 30.4 Å². The number of aliphatic imine (C=N–C) groups is 1. The Morgan fingerprint density at radius 1 is 1.28 bits per heavy atom. The molecule has 0 fully saturated rings. The van der Waals surface area contributed by atoms with Gasteiger partial charge >= 0.3 is 0 Å². The second kappa shape index (κ2) is 8.21. The Bertz CT molecular complexity index is 1180. The number of thioether (sulfide) groups is 1. The van der Waals surface area contributed by atoms with Crippen LogP contribution in [0.15, 0.2) is 51.3 Å². The number of ketones is 1. The average molecular weight is 407 g/mol. The summed E-state index contributed by atoms with van der Waals surface area (Å²) < 4.78 is 0. The molecule has 4 rings (SSSR count). The van der Waals surface area contributed by atoms with Gasteiger partial charge in [-0.15, -0.1) is 0 Å². The van der Waals surface area contributed by atoms with Crippen molar-refractivity contribution in [1.29, 1.82) is 0 Å². The molecule has 3 aromatic rings. The van der Waals surface area contributed by atoms with Crippen LogP contribution in [0.3, 0.4) is 0 Å². The SMILES string of the molecule is Cc1cc(N)c2c(c1)N=C(CC(=O)CCCSc1nc3ccccc3c(=O)[nH]1)C2. The molecule has 0 atom stereocenters. The lowest BCUT2D eigenvalue weighted by molar-refractivity contribution is -0.117. The Labute approximate surface area is 172 Å². The zero-order valence-electron chi connectivity index (χ0n) is 16.2. The number of anilines is 1. The minimum atomic E-state index is -0.137. The standard InChI is InChI=1S/C22H22N4O2S/c1-13-9-18(23)17-12-14(24-20(17)10-13)11-15(27)5-4-8-29-22-25-19-7-3-2-6-16(19)21(28)26-22/h2-3,6-7,9-10H,4-5,8,11-12,23H2,1H3,(H,25,26,28). The smallest absolute Gasteiger partial charge is 0.259 e. The molecule has 7 heteroatoms. The summed E-state index contributed by atoms with van der Waals surface area (Å²) in [7, 11) is 0. The number of nitrogens with zero attached hydrogens (tertiary/aromatic N) is 2. The third-order valence-electron chi connectivity index (χ3n) is 4.90. The highest BCUT2D eigenvalue weighted by atomic mass is 32.2. The first-order valence-electron chi connectivity index (χ1n) is 9.58. The van der Waals surface area contributed by atoms with E-state index in [1.54, 1.807) is 6.07 Å². The molecule has 2 heterocycles. The van der Waals surface area contributed by atoms with E-state index in [2.05, 4.69) is 15.0 Å². The van der Waals surface area contributed by atoms with Crippen LogP contribution in [0.25, 0.3) is 10.9 Å². The fraction of sp³-hybridized carbons (Fsp3) is 0.273. The van der Waals surface area contributed by atoms with Gasteiger partial charge in [0.15, 0.2) is 5.16 Å². The fourth-order valence-electron chi connectivity index (χ4n) is 3.52. The van der Waals surface area contributed by atoms with Gasteiger partial charge in [-0.25, -0.2) is 4.98 Å². The Hall–Kier alpha value is -2.93. The Balaban J connectivity index is 1.27. The van der Waals surface area contributed by atoms with Gasteiger partial charge in [-0.2, -0.15) is 0 Å². The van der Waals surface area contributed by atoms with Gasteiger partial charge < -0.3 is 10.7 Å². The van der Waals surface area contributed by atoms with Crippen molar-refractivity contribution in [3.63, 3.8) is 0 Å². The van der Waals surface area contributed by atoms with Crippen molar-refractivity contribution in [2.24, 2.45) is 4.99 Å². The third-order valence-corrected chi connectivity index (χ3v) is 5.86. The van der Waals surface area contributed by atoms with Gasteiger partial charge in [0, 0.05) is 42.0 Å². The first kappa shape index (κ1) is 19.4. The number of Topliss-reactive ketones (excluding diaryl/α,β-unsaturated/α-hetero) is 1. The van der Waals surface area contributed by atoms with Crippen molar-refractivity contribution < 1.29 is 4.79 Å². The molecule has 2 aromatic carbocycles. The predicted octanol–water partition coefficient (Wildman–Crippen LogP) is 3.97. The highest BCUT2D eigenvalue weighted by molar-refractivity contribution is 7.99. The number of rotatable bonds is 7. The normalized spacial score (nSPS) is 12.8. The topological polar surface area (TPSA) is 101 Å². The zero-order valence-corrected chi connectivity index (χ0v) is 17.0. The van der Waals surface area contributed by atoms with Crippen molar-refractivity contribution in [3.05, 3.63) is 57.9 Å².